The Morgan fingerprint density at radius 2 is 2.31 bits per heavy atom. The van der Waals surface area contributed by atoms with Crippen molar-refractivity contribution in [1.82, 2.24) is 5.32 Å². The molecule has 1 aliphatic carbocycles. The van der Waals surface area contributed by atoms with Gasteiger partial charge in [-0.05, 0) is 25.5 Å². The highest BCUT2D eigenvalue weighted by Gasteiger charge is 2.32. The van der Waals surface area contributed by atoms with E-state index in [9.17, 15) is 4.79 Å². The van der Waals surface area contributed by atoms with Gasteiger partial charge in [-0.1, -0.05) is 0 Å². The molecule has 1 fully saturated rings. The summed E-state index contributed by atoms with van der Waals surface area (Å²) in [6.45, 7) is 0.653. The maximum Gasteiger partial charge on any atom is 0.220 e. The van der Waals surface area contributed by atoms with Gasteiger partial charge in [0.15, 0.2) is 0 Å². The van der Waals surface area contributed by atoms with Crippen LogP contribution in [0.3, 0.4) is 0 Å². The Morgan fingerprint density at radius 3 is 2.77 bits per heavy atom. The van der Waals surface area contributed by atoms with Crippen molar-refractivity contribution in [3.63, 3.8) is 0 Å². The Balaban J connectivity index is 2.07. The molecule has 1 amide bonds. The number of hydrogen-bond acceptors (Lipinski definition) is 3. The summed E-state index contributed by atoms with van der Waals surface area (Å²) in [7, 11) is 0. The van der Waals surface area contributed by atoms with Gasteiger partial charge in [-0.15, -0.1) is 0 Å². The molecule has 3 nitrogen and oxygen atoms in total. The van der Waals surface area contributed by atoms with Gasteiger partial charge < -0.3 is 11.1 Å². The molecule has 1 aliphatic rings. The van der Waals surface area contributed by atoms with Crippen LogP contribution in [-0.2, 0) is 4.79 Å². The van der Waals surface area contributed by atoms with E-state index in [1.54, 1.807) is 11.8 Å². The minimum absolute atomic E-state index is 0.0883. The third kappa shape index (κ3) is 3.56. The van der Waals surface area contributed by atoms with Gasteiger partial charge in [-0.3, -0.25) is 4.79 Å². The lowest BCUT2D eigenvalue weighted by Gasteiger charge is -2.38. The molecule has 4 heteroatoms. The van der Waals surface area contributed by atoms with Crippen molar-refractivity contribution < 1.29 is 4.79 Å². The number of amides is 1. The summed E-state index contributed by atoms with van der Waals surface area (Å²) in [6, 6.07) is 0. The summed E-state index contributed by atoms with van der Waals surface area (Å²) in [6.07, 6.45) is 5.92. The summed E-state index contributed by atoms with van der Waals surface area (Å²) in [5.74, 6) is 1.02. The van der Waals surface area contributed by atoms with Gasteiger partial charge in [0.1, 0.15) is 0 Å². The van der Waals surface area contributed by atoms with Crippen LogP contribution in [0.4, 0.5) is 0 Å². The maximum absolute atomic E-state index is 11.2. The van der Waals surface area contributed by atoms with Gasteiger partial charge in [0.05, 0.1) is 0 Å². The molecule has 0 atom stereocenters. The van der Waals surface area contributed by atoms with E-state index in [0.29, 0.717) is 13.0 Å². The van der Waals surface area contributed by atoms with Crippen molar-refractivity contribution in [2.45, 2.75) is 31.2 Å². The van der Waals surface area contributed by atoms with E-state index >= 15 is 0 Å². The fourth-order valence-electron chi connectivity index (χ4n) is 1.37. The second kappa shape index (κ2) is 4.86. The molecule has 0 heterocycles. The molecule has 0 unspecified atom stereocenters. The molecule has 0 bridgehead atoms. The summed E-state index contributed by atoms with van der Waals surface area (Å²) < 4.78 is 0. The lowest BCUT2D eigenvalue weighted by Crippen LogP contribution is -2.54. The van der Waals surface area contributed by atoms with E-state index in [0.717, 1.165) is 18.6 Å². The Hall–Kier alpha value is -0.220. The van der Waals surface area contributed by atoms with Gasteiger partial charge in [0, 0.05) is 24.3 Å². The van der Waals surface area contributed by atoms with Crippen LogP contribution in [0.2, 0.25) is 0 Å². The zero-order chi connectivity index (χ0) is 9.73. The van der Waals surface area contributed by atoms with Gasteiger partial charge in [0.2, 0.25) is 5.91 Å². The Bertz CT molecular complexity index is 180. The van der Waals surface area contributed by atoms with Gasteiger partial charge in [0.25, 0.3) is 0 Å². The molecule has 3 N–H and O–H groups in total. The monoisotopic (exact) mass is 202 g/mol. The summed E-state index contributed by atoms with van der Waals surface area (Å²) >= 11 is 1.69. The van der Waals surface area contributed by atoms with Crippen molar-refractivity contribution in [3.05, 3.63) is 0 Å². The molecular weight excluding hydrogens is 184 g/mol. The first-order chi connectivity index (χ1) is 6.16. The molecule has 0 aromatic rings. The number of rotatable bonds is 5. The zero-order valence-corrected chi connectivity index (χ0v) is 8.95. The molecule has 0 aromatic carbocycles. The minimum atomic E-state index is -0.0883. The Kier molecular flexibility index (Phi) is 4.06. The van der Waals surface area contributed by atoms with E-state index in [-0.39, 0.29) is 11.4 Å². The Labute approximate surface area is 83.8 Å². The third-order valence-corrected chi connectivity index (χ3v) is 3.13. The van der Waals surface area contributed by atoms with Gasteiger partial charge >= 0.3 is 0 Å². The number of nitrogens with one attached hydrogen (secondary N) is 1. The second-order valence-corrected chi connectivity index (χ2v) is 4.72. The van der Waals surface area contributed by atoms with Gasteiger partial charge in [-0.2, -0.15) is 11.8 Å². The average Bonchev–Trinajstić information content (AvgIpc) is 2.08. The normalized spacial score (nSPS) is 19.2. The fraction of sp³-hybridized carbons (Fsp3) is 0.889. The molecular formula is C9H18N2OS. The summed E-state index contributed by atoms with van der Waals surface area (Å²) in [4.78, 5) is 11.2. The predicted molar refractivity (Wildman–Crippen MR) is 56.8 cm³/mol. The van der Waals surface area contributed by atoms with Crippen LogP contribution in [-0.4, -0.2) is 30.0 Å². The molecule has 0 saturated heterocycles. The zero-order valence-electron chi connectivity index (χ0n) is 8.14. The van der Waals surface area contributed by atoms with Crippen LogP contribution in [0.1, 0.15) is 25.7 Å². The molecule has 13 heavy (non-hydrogen) atoms. The highest BCUT2D eigenvalue weighted by Crippen LogP contribution is 2.27. The highest BCUT2D eigenvalue weighted by atomic mass is 32.2. The van der Waals surface area contributed by atoms with Crippen molar-refractivity contribution in [2.75, 3.05) is 18.6 Å². The first-order valence-electron chi connectivity index (χ1n) is 4.71. The molecule has 0 spiro atoms. The topological polar surface area (TPSA) is 55.1 Å². The molecule has 1 saturated carbocycles. The molecule has 0 radical (unpaired) electrons. The predicted octanol–water partition coefficient (Wildman–Crippen LogP) is 0.737. The second-order valence-electron chi connectivity index (χ2n) is 3.74. The van der Waals surface area contributed by atoms with Crippen molar-refractivity contribution in [2.24, 2.45) is 5.73 Å². The van der Waals surface area contributed by atoms with Crippen molar-refractivity contribution >= 4 is 17.7 Å². The number of carbonyl (C=O) groups is 1. The fourth-order valence-corrected chi connectivity index (χ4v) is 1.75. The van der Waals surface area contributed by atoms with Crippen LogP contribution in [0.25, 0.3) is 0 Å². The molecule has 1 rings (SSSR count). The Morgan fingerprint density at radius 1 is 1.62 bits per heavy atom. The first-order valence-corrected chi connectivity index (χ1v) is 6.10. The maximum atomic E-state index is 11.2. The smallest absolute Gasteiger partial charge is 0.220 e. The standard InChI is InChI=1S/C9H18N2OS/c1-13-6-3-8(12)11-7-9(10)4-2-5-9/h2-7,10H2,1H3,(H,11,12). The molecule has 0 aliphatic heterocycles. The number of nitrogens with two attached hydrogens (primary N) is 1. The minimum Gasteiger partial charge on any atom is -0.354 e. The first kappa shape index (κ1) is 10.9. The molecule has 0 aromatic heterocycles. The SMILES string of the molecule is CSCCC(=O)NCC1(N)CCC1. The lowest BCUT2D eigenvalue weighted by atomic mass is 9.78. The number of thioether (sulfide) groups is 1. The van der Waals surface area contributed by atoms with Crippen molar-refractivity contribution in [1.29, 1.82) is 0 Å². The molecule has 76 valence electrons. The van der Waals surface area contributed by atoms with Gasteiger partial charge in [-0.25, -0.2) is 0 Å². The summed E-state index contributed by atoms with van der Waals surface area (Å²) in [5, 5.41) is 2.88. The van der Waals surface area contributed by atoms with E-state index in [1.165, 1.54) is 6.42 Å². The largest absolute Gasteiger partial charge is 0.354 e. The quantitative estimate of drug-likeness (QED) is 0.691. The van der Waals surface area contributed by atoms with Crippen LogP contribution in [0.5, 0.6) is 0 Å². The number of carbonyl (C=O) groups excluding carboxylic acids is 1. The van der Waals surface area contributed by atoms with E-state index < -0.39 is 0 Å². The number of hydrogen-bond donors (Lipinski definition) is 2. The van der Waals surface area contributed by atoms with Crippen LogP contribution >= 0.6 is 11.8 Å². The van der Waals surface area contributed by atoms with Crippen LogP contribution in [0.15, 0.2) is 0 Å². The van der Waals surface area contributed by atoms with E-state index in [2.05, 4.69) is 5.32 Å². The highest BCUT2D eigenvalue weighted by molar-refractivity contribution is 7.98. The summed E-state index contributed by atoms with van der Waals surface area (Å²) in [5.41, 5.74) is 5.87. The van der Waals surface area contributed by atoms with Crippen LogP contribution in [0, 0.1) is 0 Å². The third-order valence-electron chi connectivity index (χ3n) is 2.52. The van der Waals surface area contributed by atoms with Crippen LogP contribution < -0.4 is 11.1 Å². The van der Waals surface area contributed by atoms with Crippen molar-refractivity contribution in [3.8, 4) is 0 Å². The van der Waals surface area contributed by atoms with E-state index in [1.807, 2.05) is 6.26 Å². The lowest BCUT2D eigenvalue weighted by molar-refractivity contribution is -0.121. The average molecular weight is 202 g/mol. The van der Waals surface area contributed by atoms with E-state index in [4.69, 9.17) is 5.73 Å².